The average molecular weight is 622 g/mol. The summed E-state index contributed by atoms with van der Waals surface area (Å²) in [6.45, 7) is 0.880. The molecular formula is C28H35N3O11S. The number of phenolic OH excluding ortho intramolecular Hbond substituents is 1. The lowest BCUT2D eigenvalue weighted by atomic mass is 9.54. The number of nitrogens with zero attached hydrogens (tertiary/aromatic N) is 1. The Morgan fingerprint density at radius 1 is 1.16 bits per heavy atom. The third kappa shape index (κ3) is 5.14. The van der Waals surface area contributed by atoms with E-state index in [0.717, 1.165) is 0 Å². The molecule has 3 aliphatic rings. The molecule has 0 spiro atoms. The SMILES string of the molecule is CN(C)[C@@H]1C(=O)C(C(=O)NCN[C@@H](CC[S@](C)=O)C(=O)O)=C(O)[C@@]2(O)C(=O)C3=C(O)c4c(O)cccc4[C@@](C)(O)[C@H]3C[C@@H]12. The number of benzene rings is 1. The number of likely N-dealkylation sites (N-methyl/N-ethyl adjacent to an activating group) is 1. The molecule has 0 aromatic heterocycles. The molecule has 3 aliphatic carbocycles. The minimum absolute atomic E-state index is 0.0257. The number of hydrogen-bond acceptors (Lipinski definition) is 12. The van der Waals surface area contributed by atoms with Gasteiger partial charge in [-0.2, -0.15) is 0 Å². The first-order valence-corrected chi connectivity index (χ1v) is 15.1. The molecule has 43 heavy (non-hydrogen) atoms. The molecule has 0 aliphatic heterocycles. The number of fused-ring (bicyclic) bond motifs is 3. The lowest BCUT2D eigenvalue weighted by Gasteiger charge is -2.53. The molecule has 1 aromatic carbocycles. The monoisotopic (exact) mass is 621 g/mol. The number of hydrogen-bond donors (Lipinski definition) is 8. The van der Waals surface area contributed by atoms with Crippen LogP contribution >= 0.6 is 0 Å². The predicted octanol–water partition coefficient (Wildman–Crippen LogP) is -0.971. The zero-order chi connectivity index (χ0) is 32.2. The summed E-state index contributed by atoms with van der Waals surface area (Å²) in [5.41, 5.74) is -6.24. The van der Waals surface area contributed by atoms with Gasteiger partial charge in [0.05, 0.1) is 23.9 Å². The molecule has 0 unspecified atom stereocenters. The number of amides is 1. The normalized spacial score (nSPS) is 30.0. The van der Waals surface area contributed by atoms with Crippen molar-refractivity contribution in [2.45, 2.75) is 43.1 Å². The first kappa shape index (κ1) is 32.3. The highest BCUT2D eigenvalue weighted by molar-refractivity contribution is 7.84. The molecule has 0 saturated heterocycles. The van der Waals surface area contributed by atoms with E-state index in [2.05, 4.69) is 10.6 Å². The van der Waals surface area contributed by atoms with Gasteiger partial charge in [-0.15, -0.1) is 0 Å². The van der Waals surface area contributed by atoms with Gasteiger partial charge in [0.2, 0.25) is 5.78 Å². The highest BCUT2D eigenvalue weighted by Gasteiger charge is 2.66. The Hall–Kier alpha value is -3.63. The topological polar surface area (TPSA) is 234 Å². The van der Waals surface area contributed by atoms with Crippen LogP contribution in [-0.4, -0.2) is 114 Å². The first-order chi connectivity index (χ1) is 20.0. The standard InChI is InChI=1S/C28H35N3O11S/c1-27(40)12-6-5-7-16(32)17(12)21(33)18-13(27)10-14-20(31(2)3)22(34)19(24(36)28(14,41)23(18)35)25(37)30-11-29-15(26(38)39)8-9-43(4)42/h5-7,13-15,20,29,32-33,36,40-41H,8-11H2,1-4H3,(H,30,37)(H,38,39)/t13-,14-,15-,20-,27+,28-,43-/m0/s1. The fourth-order valence-electron chi connectivity index (χ4n) is 6.42. The molecule has 234 valence electrons. The molecule has 0 heterocycles. The van der Waals surface area contributed by atoms with Gasteiger partial charge in [-0.05, 0) is 45.5 Å². The van der Waals surface area contributed by atoms with Crippen LogP contribution < -0.4 is 10.6 Å². The fraction of sp³-hybridized carbons (Fsp3) is 0.500. The maximum Gasteiger partial charge on any atom is 0.320 e. The van der Waals surface area contributed by atoms with E-state index in [1.54, 1.807) is 0 Å². The molecular weight excluding hydrogens is 586 g/mol. The second-order valence-corrected chi connectivity index (χ2v) is 13.0. The van der Waals surface area contributed by atoms with Gasteiger partial charge in [-0.25, -0.2) is 0 Å². The van der Waals surface area contributed by atoms with Crippen molar-refractivity contribution in [3.05, 3.63) is 46.2 Å². The molecule has 1 fully saturated rings. The number of carbonyl (C=O) groups is 4. The summed E-state index contributed by atoms with van der Waals surface area (Å²) in [6, 6.07) is 1.62. The number of carboxylic acids is 1. The number of aliphatic hydroxyl groups excluding tert-OH is 2. The van der Waals surface area contributed by atoms with Crippen LogP contribution in [0.1, 0.15) is 30.9 Å². The van der Waals surface area contributed by atoms with Crippen LogP contribution in [-0.2, 0) is 35.6 Å². The average Bonchev–Trinajstić information content (AvgIpc) is 2.90. The molecule has 14 nitrogen and oxygen atoms in total. The largest absolute Gasteiger partial charge is 0.508 e. The van der Waals surface area contributed by atoms with Crippen molar-refractivity contribution in [3.8, 4) is 5.75 Å². The van der Waals surface area contributed by atoms with Crippen molar-refractivity contribution in [2.75, 3.05) is 32.8 Å². The Morgan fingerprint density at radius 3 is 2.40 bits per heavy atom. The van der Waals surface area contributed by atoms with E-state index in [4.69, 9.17) is 0 Å². The first-order valence-electron chi connectivity index (χ1n) is 13.4. The Balaban J connectivity index is 1.76. The minimum atomic E-state index is -2.88. The maximum atomic E-state index is 14.1. The Morgan fingerprint density at radius 2 is 1.81 bits per heavy atom. The third-order valence-corrected chi connectivity index (χ3v) is 9.40. The van der Waals surface area contributed by atoms with Crippen LogP contribution in [0, 0.1) is 11.8 Å². The number of rotatable bonds is 9. The summed E-state index contributed by atoms with van der Waals surface area (Å²) in [4.78, 5) is 53.9. The number of Topliss-reactive ketones (excluding diaryl/α,β-unsaturated/α-hetero) is 2. The molecule has 15 heteroatoms. The van der Waals surface area contributed by atoms with Crippen LogP contribution in [0.25, 0.3) is 5.76 Å². The molecule has 1 saturated carbocycles. The number of nitrogens with one attached hydrogen (secondary N) is 2. The number of carboxylic acid groups (broad SMARTS) is 1. The third-order valence-electron chi connectivity index (χ3n) is 8.59. The van der Waals surface area contributed by atoms with Crippen molar-refractivity contribution >= 4 is 40.0 Å². The molecule has 1 amide bonds. The van der Waals surface area contributed by atoms with E-state index in [0.29, 0.717) is 0 Å². The second-order valence-electron chi connectivity index (χ2n) is 11.4. The Bertz CT molecular complexity index is 1480. The number of carbonyl (C=O) groups excluding carboxylic acids is 3. The zero-order valence-corrected chi connectivity index (χ0v) is 24.8. The van der Waals surface area contributed by atoms with Crippen molar-refractivity contribution < 1.29 is 54.0 Å². The van der Waals surface area contributed by atoms with Gasteiger partial charge in [0, 0.05) is 40.2 Å². The van der Waals surface area contributed by atoms with Gasteiger partial charge in [0.25, 0.3) is 5.91 Å². The molecule has 1 aromatic rings. The summed E-state index contributed by atoms with van der Waals surface area (Å²) in [6.07, 6.45) is 1.10. The van der Waals surface area contributed by atoms with Crippen molar-refractivity contribution in [3.63, 3.8) is 0 Å². The van der Waals surface area contributed by atoms with Gasteiger partial charge in [0.15, 0.2) is 11.4 Å². The molecule has 4 rings (SSSR count). The van der Waals surface area contributed by atoms with Gasteiger partial charge in [-0.1, -0.05) is 12.1 Å². The number of aliphatic carboxylic acids is 1. The number of aliphatic hydroxyl groups is 4. The molecule has 8 N–H and O–H groups in total. The second kappa shape index (κ2) is 11.5. The summed E-state index contributed by atoms with van der Waals surface area (Å²) < 4.78 is 11.4. The van der Waals surface area contributed by atoms with Crippen molar-refractivity contribution in [1.29, 1.82) is 0 Å². The van der Waals surface area contributed by atoms with Gasteiger partial charge >= 0.3 is 5.97 Å². The van der Waals surface area contributed by atoms with Crippen LogP contribution in [0.5, 0.6) is 5.75 Å². The molecule has 0 bridgehead atoms. The van der Waals surface area contributed by atoms with Crippen LogP contribution in [0.15, 0.2) is 35.1 Å². The van der Waals surface area contributed by atoms with E-state index < -0.39 is 104 Å². The lowest BCUT2D eigenvalue weighted by Crippen LogP contribution is -2.67. The molecule has 0 radical (unpaired) electrons. The van der Waals surface area contributed by atoms with Gasteiger partial charge < -0.3 is 36.0 Å². The smallest absolute Gasteiger partial charge is 0.320 e. The molecule has 7 atom stereocenters. The highest BCUT2D eigenvalue weighted by atomic mass is 32.2. The van der Waals surface area contributed by atoms with Gasteiger partial charge in [0.1, 0.15) is 28.9 Å². The highest BCUT2D eigenvalue weighted by Crippen LogP contribution is 2.57. The summed E-state index contributed by atoms with van der Waals surface area (Å²) in [5, 5.41) is 70.6. The van der Waals surface area contributed by atoms with Crippen LogP contribution in [0.2, 0.25) is 0 Å². The van der Waals surface area contributed by atoms with Gasteiger partial charge in [-0.3, -0.25) is 33.6 Å². The van der Waals surface area contributed by atoms with E-state index in [9.17, 15) is 54.0 Å². The summed E-state index contributed by atoms with van der Waals surface area (Å²) in [7, 11) is 1.67. The lowest BCUT2D eigenvalue weighted by molar-refractivity contribution is -0.159. The van der Waals surface area contributed by atoms with E-state index in [1.807, 2.05) is 0 Å². The van der Waals surface area contributed by atoms with Crippen molar-refractivity contribution in [1.82, 2.24) is 15.5 Å². The predicted molar refractivity (Wildman–Crippen MR) is 152 cm³/mol. The number of ketones is 2. The van der Waals surface area contributed by atoms with Crippen molar-refractivity contribution in [2.24, 2.45) is 11.8 Å². The summed E-state index contributed by atoms with van der Waals surface area (Å²) >= 11 is 0. The Kier molecular flexibility index (Phi) is 8.61. The van der Waals surface area contributed by atoms with E-state index in [1.165, 1.54) is 50.4 Å². The van der Waals surface area contributed by atoms with E-state index >= 15 is 0 Å². The van der Waals surface area contributed by atoms with E-state index in [-0.39, 0.29) is 29.7 Å². The quantitative estimate of drug-likeness (QED) is 0.123. The maximum absolute atomic E-state index is 14.1. The fourth-order valence-corrected chi connectivity index (χ4v) is 6.99. The zero-order valence-electron chi connectivity index (χ0n) is 23.9. The number of phenols is 1. The Labute approximate surface area is 249 Å². The minimum Gasteiger partial charge on any atom is -0.508 e. The summed E-state index contributed by atoms with van der Waals surface area (Å²) in [5.74, 6) is -9.51. The van der Waals surface area contributed by atoms with Crippen LogP contribution in [0.4, 0.5) is 0 Å². The van der Waals surface area contributed by atoms with Crippen LogP contribution in [0.3, 0.4) is 0 Å². The number of aromatic hydroxyl groups is 1.